The molecule has 1 aliphatic heterocycles. The van der Waals surface area contributed by atoms with Crippen LogP contribution < -0.4 is 19.9 Å². The molecule has 1 fully saturated rings. The largest absolute Gasteiger partial charge is 0.489 e. The van der Waals surface area contributed by atoms with Gasteiger partial charge in [-0.2, -0.15) is 4.98 Å². The molecule has 4 aromatic rings. The third-order valence-corrected chi connectivity index (χ3v) is 6.15. The van der Waals surface area contributed by atoms with Gasteiger partial charge in [-0.3, -0.25) is 0 Å². The molecule has 0 saturated carbocycles. The molecule has 174 valence electrons. The van der Waals surface area contributed by atoms with Crippen molar-refractivity contribution in [2.24, 2.45) is 0 Å². The topological polar surface area (TPSA) is 53.5 Å². The lowest BCUT2D eigenvalue weighted by molar-refractivity contribution is 0.306. The van der Waals surface area contributed by atoms with Gasteiger partial charge >= 0.3 is 0 Å². The average molecular weight is 454 g/mol. The Kier molecular flexibility index (Phi) is 6.75. The molecule has 5 rings (SSSR count). The van der Waals surface area contributed by atoms with Gasteiger partial charge in [0.25, 0.3) is 0 Å². The number of nitrogens with zero attached hydrogens (tertiary/aromatic N) is 4. The molecule has 0 bridgehead atoms. The molecule has 1 N–H and O–H groups in total. The Morgan fingerprint density at radius 3 is 2.26 bits per heavy atom. The maximum absolute atomic E-state index is 5.93. The molecule has 1 aliphatic rings. The summed E-state index contributed by atoms with van der Waals surface area (Å²) >= 11 is 0. The highest BCUT2D eigenvalue weighted by Gasteiger charge is 2.20. The zero-order valence-corrected chi connectivity index (χ0v) is 19.7. The first kappa shape index (κ1) is 22.0. The van der Waals surface area contributed by atoms with Crippen LogP contribution in [0.3, 0.4) is 0 Å². The minimum absolute atomic E-state index is 0.583. The first-order valence-electron chi connectivity index (χ1n) is 12.1. The van der Waals surface area contributed by atoms with Crippen LogP contribution in [-0.2, 0) is 6.61 Å². The van der Waals surface area contributed by atoms with Crippen LogP contribution in [0.1, 0.15) is 18.9 Å². The minimum Gasteiger partial charge on any atom is -0.489 e. The van der Waals surface area contributed by atoms with Crippen LogP contribution in [-0.4, -0.2) is 42.7 Å². The molecular formula is C28H31N5O. The molecule has 0 radical (unpaired) electrons. The number of aromatic nitrogens is 2. The maximum Gasteiger partial charge on any atom is 0.228 e. The van der Waals surface area contributed by atoms with Crippen molar-refractivity contribution in [3.8, 4) is 5.75 Å². The standard InChI is InChI=1S/C28H31N5O/c1-2-16-29-27-25-10-6-7-11-26(25)30-28(31-27)33-19-17-32(18-20-33)23-12-14-24(15-13-23)34-21-22-8-4-3-5-9-22/h3-15H,2,16-21H2,1H3,(H,29,30,31). The van der Waals surface area contributed by atoms with Crippen LogP contribution >= 0.6 is 0 Å². The number of para-hydroxylation sites is 1. The Labute approximate surface area is 201 Å². The second-order valence-electron chi connectivity index (χ2n) is 8.56. The summed E-state index contributed by atoms with van der Waals surface area (Å²) in [5, 5.41) is 4.55. The van der Waals surface area contributed by atoms with Gasteiger partial charge in [0.2, 0.25) is 5.95 Å². The third-order valence-electron chi connectivity index (χ3n) is 6.15. The lowest BCUT2D eigenvalue weighted by atomic mass is 10.2. The van der Waals surface area contributed by atoms with Gasteiger partial charge in [0.15, 0.2) is 0 Å². The average Bonchev–Trinajstić information content (AvgIpc) is 2.91. The molecule has 1 aromatic heterocycles. The summed E-state index contributed by atoms with van der Waals surface area (Å²) in [6.07, 6.45) is 1.06. The van der Waals surface area contributed by atoms with Crippen molar-refractivity contribution >= 4 is 28.4 Å². The van der Waals surface area contributed by atoms with Gasteiger partial charge in [-0.05, 0) is 48.4 Å². The molecule has 2 heterocycles. The number of hydrogen-bond acceptors (Lipinski definition) is 6. The summed E-state index contributed by atoms with van der Waals surface area (Å²) in [7, 11) is 0. The van der Waals surface area contributed by atoms with Gasteiger partial charge in [-0.1, -0.05) is 49.4 Å². The number of rotatable bonds is 8. The Morgan fingerprint density at radius 2 is 1.50 bits per heavy atom. The molecule has 6 nitrogen and oxygen atoms in total. The minimum atomic E-state index is 0.583. The van der Waals surface area contributed by atoms with Crippen molar-refractivity contribution in [2.45, 2.75) is 20.0 Å². The van der Waals surface area contributed by atoms with Crippen LogP contribution in [0.5, 0.6) is 5.75 Å². The smallest absolute Gasteiger partial charge is 0.228 e. The van der Waals surface area contributed by atoms with Crippen LogP contribution in [0, 0.1) is 0 Å². The summed E-state index contributed by atoms with van der Waals surface area (Å²) in [5.74, 6) is 2.63. The molecule has 6 heteroatoms. The molecule has 0 spiro atoms. The second-order valence-corrected chi connectivity index (χ2v) is 8.56. The summed E-state index contributed by atoms with van der Waals surface area (Å²) in [6.45, 7) is 7.28. The van der Waals surface area contributed by atoms with E-state index in [0.29, 0.717) is 6.61 Å². The van der Waals surface area contributed by atoms with Crippen molar-refractivity contribution in [1.29, 1.82) is 0 Å². The van der Waals surface area contributed by atoms with Crippen molar-refractivity contribution in [3.63, 3.8) is 0 Å². The van der Waals surface area contributed by atoms with Crippen molar-refractivity contribution in [3.05, 3.63) is 84.4 Å². The zero-order valence-electron chi connectivity index (χ0n) is 19.7. The molecule has 34 heavy (non-hydrogen) atoms. The van der Waals surface area contributed by atoms with E-state index in [-0.39, 0.29) is 0 Å². The highest BCUT2D eigenvalue weighted by molar-refractivity contribution is 5.90. The molecule has 3 aromatic carbocycles. The molecule has 0 unspecified atom stereocenters. The van der Waals surface area contributed by atoms with Gasteiger partial charge in [-0.15, -0.1) is 0 Å². The fraction of sp³-hybridized carbons (Fsp3) is 0.286. The highest BCUT2D eigenvalue weighted by atomic mass is 16.5. The molecular weight excluding hydrogens is 422 g/mol. The Bertz CT molecular complexity index is 1200. The van der Waals surface area contributed by atoms with Gasteiger partial charge in [-0.25, -0.2) is 4.98 Å². The fourth-order valence-corrected chi connectivity index (χ4v) is 4.24. The van der Waals surface area contributed by atoms with Crippen molar-refractivity contribution < 1.29 is 4.74 Å². The number of nitrogens with one attached hydrogen (secondary N) is 1. The highest BCUT2D eigenvalue weighted by Crippen LogP contribution is 2.26. The second kappa shape index (κ2) is 10.4. The first-order valence-corrected chi connectivity index (χ1v) is 12.1. The number of piperazine rings is 1. The van der Waals surface area contributed by atoms with Crippen molar-refractivity contribution in [1.82, 2.24) is 9.97 Å². The predicted octanol–water partition coefficient (Wildman–Crippen LogP) is 5.36. The predicted molar refractivity (Wildman–Crippen MR) is 140 cm³/mol. The lowest BCUT2D eigenvalue weighted by Crippen LogP contribution is -2.47. The summed E-state index contributed by atoms with van der Waals surface area (Å²) < 4.78 is 5.93. The molecule has 1 saturated heterocycles. The Balaban J connectivity index is 1.22. The SMILES string of the molecule is CCCNc1nc(N2CCN(c3ccc(OCc4ccccc4)cc3)CC2)nc2ccccc12. The van der Waals surface area contributed by atoms with E-state index in [1.807, 2.05) is 30.3 Å². The van der Waals surface area contributed by atoms with Crippen LogP contribution in [0.25, 0.3) is 10.9 Å². The van der Waals surface area contributed by atoms with E-state index >= 15 is 0 Å². The number of anilines is 3. The van der Waals surface area contributed by atoms with E-state index < -0.39 is 0 Å². The number of benzene rings is 3. The van der Waals surface area contributed by atoms with E-state index in [1.165, 1.54) is 11.3 Å². The van der Waals surface area contributed by atoms with Crippen molar-refractivity contribution in [2.75, 3.05) is 47.8 Å². The molecule has 0 aliphatic carbocycles. The van der Waals surface area contributed by atoms with Gasteiger partial charge in [0.1, 0.15) is 18.2 Å². The number of fused-ring (bicyclic) bond motifs is 1. The van der Waals surface area contributed by atoms with E-state index in [9.17, 15) is 0 Å². The fourth-order valence-electron chi connectivity index (χ4n) is 4.24. The molecule has 0 atom stereocenters. The van der Waals surface area contributed by atoms with Gasteiger partial charge < -0.3 is 19.9 Å². The lowest BCUT2D eigenvalue weighted by Gasteiger charge is -2.36. The van der Waals surface area contributed by atoms with Crippen LogP contribution in [0.15, 0.2) is 78.9 Å². The molecule has 0 amide bonds. The normalized spacial score (nSPS) is 13.8. The van der Waals surface area contributed by atoms with E-state index in [4.69, 9.17) is 14.7 Å². The van der Waals surface area contributed by atoms with E-state index in [2.05, 4.69) is 70.6 Å². The number of hydrogen-bond donors (Lipinski definition) is 1. The Morgan fingerprint density at radius 1 is 0.794 bits per heavy atom. The summed E-state index contributed by atoms with van der Waals surface area (Å²) in [5.41, 5.74) is 3.38. The van der Waals surface area contributed by atoms with Crippen LogP contribution in [0.4, 0.5) is 17.5 Å². The Hall–Kier alpha value is -3.80. The van der Waals surface area contributed by atoms with E-state index in [1.54, 1.807) is 0 Å². The monoisotopic (exact) mass is 453 g/mol. The third kappa shape index (κ3) is 5.06. The quantitative estimate of drug-likeness (QED) is 0.388. The summed E-state index contributed by atoms with van der Waals surface area (Å²) in [4.78, 5) is 14.4. The van der Waals surface area contributed by atoms with Gasteiger partial charge in [0, 0.05) is 43.8 Å². The van der Waals surface area contributed by atoms with Crippen LogP contribution in [0.2, 0.25) is 0 Å². The number of ether oxygens (including phenoxy) is 1. The summed E-state index contributed by atoms with van der Waals surface area (Å²) in [6, 6.07) is 26.9. The maximum atomic E-state index is 5.93. The zero-order chi connectivity index (χ0) is 23.2. The first-order chi connectivity index (χ1) is 16.8. The van der Waals surface area contributed by atoms with E-state index in [0.717, 1.165) is 67.6 Å². The van der Waals surface area contributed by atoms with Gasteiger partial charge in [0.05, 0.1) is 5.52 Å².